The Bertz CT molecular complexity index is 282. The second kappa shape index (κ2) is 6.15. The molecule has 0 fully saturated rings. The Morgan fingerprint density at radius 3 is 1.88 bits per heavy atom. The summed E-state index contributed by atoms with van der Waals surface area (Å²) in [4.78, 5) is 30.6. The van der Waals surface area contributed by atoms with Gasteiger partial charge in [0.05, 0.1) is 13.2 Å². The minimum absolute atomic E-state index is 0.0736. The van der Waals surface area contributed by atoms with E-state index in [0.717, 1.165) is 0 Å². The lowest BCUT2D eigenvalue weighted by Crippen LogP contribution is -2.44. The normalized spacial score (nSPS) is 9.31. The Hall–Kier alpha value is -2.40. The van der Waals surface area contributed by atoms with Gasteiger partial charge in [-0.2, -0.15) is 0 Å². The monoisotopic (exact) mass is 237 g/mol. The third kappa shape index (κ3) is 4.73. The summed E-state index contributed by atoms with van der Waals surface area (Å²) in [6.07, 6.45) is 0. The molecule has 0 heterocycles. The second-order valence-corrected chi connectivity index (χ2v) is 2.47. The van der Waals surface area contributed by atoms with Gasteiger partial charge in [0.2, 0.25) is 6.67 Å². The van der Waals surface area contributed by atoms with Gasteiger partial charge in [0.25, 0.3) is 0 Å². The molecule has 0 unspecified atom stereocenters. The smallest absolute Gasteiger partial charge is 0.206 e. The van der Waals surface area contributed by atoms with Gasteiger partial charge in [0, 0.05) is 0 Å². The molecule has 92 valence electrons. The maximum absolute atomic E-state index is 10.4. The van der Waals surface area contributed by atoms with Gasteiger partial charge < -0.3 is 5.43 Å². The van der Waals surface area contributed by atoms with Crippen molar-refractivity contribution in [1.29, 1.82) is 0 Å². The van der Waals surface area contributed by atoms with Crippen LogP contribution in [-0.4, -0.2) is 45.0 Å². The molecule has 0 aliphatic heterocycles. The van der Waals surface area contributed by atoms with Crippen molar-refractivity contribution in [2.45, 2.75) is 6.92 Å². The first-order chi connectivity index (χ1) is 7.38. The van der Waals surface area contributed by atoms with E-state index in [2.05, 4.69) is 5.43 Å². The minimum Gasteiger partial charge on any atom is -0.352 e. The third-order valence-electron chi connectivity index (χ3n) is 1.50. The molecule has 16 heavy (non-hydrogen) atoms. The fraction of sp³-hybridized carbons (Fsp3) is 1.00. The van der Waals surface area contributed by atoms with Gasteiger partial charge in [-0.05, 0) is 12.0 Å². The molecule has 0 radical (unpaired) electrons. The van der Waals surface area contributed by atoms with Crippen LogP contribution in [0.4, 0.5) is 0 Å². The Morgan fingerprint density at radius 1 is 1.06 bits per heavy atom. The van der Waals surface area contributed by atoms with E-state index in [1.54, 1.807) is 0 Å². The average molecular weight is 237 g/mol. The molecule has 0 atom stereocenters. The molecule has 0 saturated carbocycles. The molecule has 0 rings (SSSR count). The molecule has 0 aromatic carbocycles. The predicted octanol–water partition coefficient (Wildman–Crippen LogP) is -0.526. The molecular weight excluding hydrogens is 228 g/mol. The number of hydrazine groups is 2. The third-order valence-corrected chi connectivity index (χ3v) is 1.50. The first-order valence-electron chi connectivity index (χ1n) is 3.98. The zero-order valence-electron chi connectivity index (χ0n) is 8.25. The maximum Gasteiger partial charge on any atom is 0.206 e. The SMILES string of the molecule is CCN(CN(C[N-][N+](=O)[O-])[N+](=O)[O-])[N+](=O)[O-]. The molecular formula is C4H9N6O6-. The molecule has 0 saturated heterocycles. The molecule has 0 spiro atoms. The molecule has 0 aromatic rings. The molecule has 0 aromatic heterocycles. The molecule has 12 heteroatoms. The highest BCUT2D eigenvalue weighted by Crippen LogP contribution is 1.99. The summed E-state index contributed by atoms with van der Waals surface area (Å²) in [6, 6.07) is 0. The van der Waals surface area contributed by atoms with Crippen molar-refractivity contribution in [1.82, 2.24) is 10.0 Å². The minimum atomic E-state index is -1.10. The number of hydrogen-bond acceptors (Lipinski definition) is 6. The summed E-state index contributed by atoms with van der Waals surface area (Å²) >= 11 is 0. The van der Waals surface area contributed by atoms with Crippen molar-refractivity contribution in [3.63, 3.8) is 0 Å². The van der Waals surface area contributed by atoms with E-state index in [1.165, 1.54) is 6.92 Å². The van der Waals surface area contributed by atoms with Gasteiger partial charge in [0.15, 0.2) is 10.1 Å². The van der Waals surface area contributed by atoms with Crippen LogP contribution >= 0.6 is 0 Å². The molecule has 0 bridgehead atoms. The van der Waals surface area contributed by atoms with Gasteiger partial charge >= 0.3 is 0 Å². The predicted molar refractivity (Wildman–Crippen MR) is 48.3 cm³/mol. The van der Waals surface area contributed by atoms with Gasteiger partial charge in [0.1, 0.15) is 0 Å². The number of rotatable bonds is 8. The quantitative estimate of drug-likeness (QED) is 0.310. The van der Waals surface area contributed by atoms with Gasteiger partial charge in [-0.25, -0.2) is 20.2 Å². The summed E-state index contributed by atoms with van der Waals surface area (Å²) in [7, 11) is 0. The molecule has 12 nitrogen and oxygen atoms in total. The average Bonchev–Trinajstić information content (AvgIpc) is 2.16. The van der Waals surface area contributed by atoms with Crippen LogP contribution in [0.2, 0.25) is 0 Å². The van der Waals surface area contributed by atoms with Gasteiger partial charge in [-0.1, -0.05) is 0 Å². The van der Waals surface area contributed by atoms with Gasteiger partial charge in [-0.3, -0.25) is 10.1 Å². The lowest BCUT2D eigenvalue weighted by atomic mass is 10.7. The van der Waals surface area contributed by atoms with Crippen molar-refractivity contribution < 1.29 is 15.1 Å². The zero-order valence-corrected chi connectivity index (χ0v) is 8.25. The Morgan fingerprint density at radius 2 is 1.56 bits per heavy atom. The summed E-state index contributed by atoms with van der Waals surface area (Å²) in [5.41, 5.74) is 2.65. The van der Waals surface area contributed by atoms with E-state index in [9.17, 15) is 30.3 Å². The summed E-state index contributed by atoms with van der Waals surface area (Å²) in [5.74, 6) is 0. The number of nitro groups is 3. The van der Waals surface area contributed by atoms with E-state index < -0.39 is 28.4 Å². The lowest BCUT2D eigenvalue weighted by Gasteiger charge is -2.20. The van der Waals surface area contributed by atoms with Crippen LogP contribution in [0, 0.1) is 30.3 Å². The summed E-state index contributed by atoms with van der Waals surface area (Å²) in [5, 5.41) is 28.5. The molecule has 0 aliphatic rings. The maximum atomic E-state index is 10.4. The van der Waals surface area contributed by atoms with Crippen molar-refractivity contribution in [3.05, 3.63) is 35.8 Å². The van der Waals surface area contributed by atoms with E-state index >= 15 is 0 Å². The lowest BCUT2D eigenvalue weighted by molar-refractivity contribution is -0.712. The van der Waals surface area contributed by atoms with E-state index in [1.807, 2.05) is 0 Å². The fourth-order valence-corrected chi connectivity index (χ4v) is 0.728. The van der Waals surface area contributed by atoms with Crippen molar-refractivity contribution in [2.75, 3.05) is 19.9 Å². The Labute approximate surface area is 88.8 Å². The van der Waals surface area contributed by atoms with Crippen LogP contribution in [0.15, 0.2) is 0 Å². The second-order valence-electron chi connectivity index (χ2n) is 2.47. The van der Waals surface area contributed by atoms with Crippen LogP contribution < -0.4 is 0 Å². The van der Waals surface area contributed by atoms with E-state index in [4.69, 9.17) is 0 Å². The molecule has 0 amide bonds. The highest BCUT2D eigenvalue weighted by molar-refractivity contribution is 4.56. The molecule has 0 aliphatic carbocycles. The first-order valence-corrected chi connectivity index (χ1v) is 3.98. The van der Waals surface area contributed by atoms with Gasteiger partial charge in [-0.15, -0.1) is 10.0 Å². The Kier molecular flexibility index (Phi) is 5.23. The largest absolute Gasteiger partial charge is 0.352 e. The van der Waals surface area contributed by atoms with Crippen LogP contribution in [0.5, 0.6) is 0 Å². The van der Waals surface area contributed by atoms with Crippen molar-refractivity contribution in [3.8, 4) is 0 Å². The van der Waals surface area contributed by atoms with Crippen LogP contribution in [0.3, 0.4) is 0 Å². The highest BCUT2D eigenvalue weighted by Gasteiger charge is 2.21. The van der Waals surface area contributed by atoms with Crippen molar-refractivity contribution >= 4 is 0 Å². The van der Waals surface area contributed by atoms with E-state index in [0.29, 0.717) is 5.01 Å². The van der Waals surface area contributed by atoms with Crippen molar-refractivity contribution in [2.24, 2.45) is 0 Å². The van der Waals surface area contributed by atoms with Crippen LogP contribution in [-0.2, 0) is 0 Å². The summed E-state index contributed by atoms with van der Waals surface area (Å²) < 4.78 is 0. The van der Waals surface area contributed by atoms with E-state index in [-0.39, 0.29) is 11.6 Å². The topological polar surface area (TPSA) is 150 Å². The summed E-state index contributed by atoms with van der Waals surface area (Å²) in [6.45, 7) is -0.195. The number of nitrogens with zero attached hydrogens (tertiary/aromatic N) is 6. The Balaban J connectivity index is 4.37. The fourth-order valence-electron chi connectivity index (χ4n) is 0.728. The van der Waals surface area contributed by atoms with Crippen LogP contribution in [0.25, 0.3) is 5.43 Å². The first kappa shape index (κ1) is 13.6. The number of hydrogen-bond donors (Lipinski definition) is 0. The molecule has 0 N–H and O–H groups in total. The standard InChI is InChI=1S/C4H9N6O6/c1-2-6(9(13)14)4-7(10(15)16)3-5-8(11)12/h2-4H2,1H3/q-1. The zero-order chi connectivity index (χ0) is 12.7. The van der Waals surface area contributed by atoms with Crippen LogP contribution in [0.1, 0.15) is 6.92 Å². The highest BCUT2D eigenvalue weighted by atomic mass is 16.7.